The molecule has 0 aromatic heterocycles. The molecular formula is C23H26N2O3. The zero-order valence-electron chi connectivity index (χ0n) is 15.9. The minimum atomic E-state index is -0.705. The van der Waals surface area contributed by atoms with Crippen LogP contribution in [-0.2, 0) is 20.9 Å². The van der Waals surface area contributed by atoms with Crippen LogP contribution in [0, 0.1) is 5.92 Å². The van der Waals surface area contributed by atoms with Crippen molar-refractivity contribution < 1.29 is 14.3 Å². The highest BCUT2D eigenvalue weighted by molar-refractivity contribution is 5.86. The Morgan fingerprint density at radius 1 is 1.04 bits per heavy atom. The highest BCUT2D eigenvalue weighted by atomic mass is 16.5. The van der Waals surface area contributed by atoms with Crippen molar-refractivity contribution in [2.24, 2.45) is 5.92 Å². The fourth-order valence-electron chi connectivity index (χ4n) is 3.89. The second kappa shape index (κ2) is 8.57. The summed E-state index contributed by atoms with van der Waals surface area (Å²) in [5, 5.41) is 2.95. The molecule has 1 heterocycles. The Balaban J connectivity index is 1.57. The Hall–Kier alpha value is -2.66. The summed E-state index contributed by atoms with van der Waals surface area (Å²) in [7, 11) is 0. The van der Waals surface area contributed by atoms with E-state index in [1.807, 2.05) is 65.6 Å². The monoisotopic (exact) mass is 378 g/mol. The molecule has 1 aliphatic carbocycles. The second-order valence-corrected chi connectivity index (χ2v) is 7.69. The summed E-state index contributed by atoms with van der Waals surface area (Å²) in [6.45, 7) is 1.22. The van der Waals surface area contributed by atoms with E-state index in [2.05, 4.69) is 5.32 Å². The lowest BCUT2D eigenvalue weighted by Crippen LogP contribution is -2.54. The van der Waals surface area contributed by atoms with Crippen molar-refractivity contribution in [2.75, 3.05) is 13.2 Å². The highest BCUT2D eigenvalue weighted by Crippen LogP contribution is 2.30. The minimum absolute atomic E-state index is 0.0513. The van der Waals surface area contributed by atoms with Crippen molar-refractivity contribution in [3.8, 4) is 0 Å². The Bertz CT molecular complexity index is 805. The van der Waals surface area contributed by atoms with Crippen LogP contribution < -0.4 is 5.32 Å². The predicted molar refractivity (Wildman–Crippen MR) is 106 cm³/mol. The van der Waals surface area contributed by atoms with E-state index in [0.29, 0.717) is 12.5 Å². The molecule has 5 nitrogen and oxygen atoms in total. The van der Waals surface area contributed by atoms with Crippen LogP contribution >= 0.6 is 0 Å². The molecule has 1 saturated carbocycles. The van der Waals surface area contributed by atoms with E-state index in [1.165, 1.54) is 19.3 Å². The molecule has 146 valence electrons. The number of benzene rings is 2. The number of amides is 2. The number of hydrogen-bond acceptors (Lipinski definition) is 3. The number of carbonyl (C=O) groups is 2. The standard InChI is InChI=1S/C23H26N2O3/c26-20-16-28-22(21(24-20)19-12-5-2-6-13-19)23(27)25(15-18-10-7-11-18)14-17-8-3-1-4-9-17/h1-6,8-9,12-13,18,21-22H,7,10-11,14-16H2,(H,24,26)/t21-,22+/m1/s1. The van der Waals surface area contributed by atoms with Crippen molar-refractivity contribution in [3.63, 3.8) is 0 Å². The third-order valence-electron chi connectivity index (χ3n) is 5.65. The predicted octanol–water partition coefficient (Wildman–Crippen LogP) is 3.07. The second-order valence-electron chi connectivity index (χ2n) is 7.69. The third kappa shape index (κ3) is 4.25. The largest absolute Gasteiger partial charge is 0.356 e. The van der Waals surface area contributed by atoms with Gasteiger partial charge in [0, 0.05) is 13.1 Å². The lowest BCUT2D eigenvalue weighted by Gasteiger charge is -2.38. The van der Waals surface area contributed by atoms with Gasteiger partial charge in [0.2, 0.25) is 5.91 Å². The van der Waals surface area contributed by atoms with Gasteiger partial charge in [-0.15, -0.1) is 0 Å². The van der Waals surface area contributed by atoms with Gasteiger partial charge in [-0.05, 0) is 29.9 Å². The molecule has 2 aromatic carbocycles. The molecule has 1 N–H and O–H groups in total. The van der Waals surface area contributed by atoms with Gasteiger partial charge >= 0.3 is 0 Å². The number of ether oxygens (including phenoxy) is 1. The molecule has 28 heavy (non-hydrogen) atoms. The first kappa shape index (κ1) is 18.7. The molecule has 0 bridgehead atoms. The maximum atomic E-state index is 13.5. The number of hydrogen-bond donors (Lipinski definition) is 1. The molecule has 1 aliphatic heterocycles. The first-order chi connectivity index (χ1) is 13.7. The quantitative estimate of drug-likeness (QED) is 0.840. The maximum absolute atomic E-state index is 13.5. The van der Waals surface area contributed by atoms with Crippen LogP contribution in [0.25, 0.3) is 0 Å². The van der Waals surface area contributed by atoms with Crippen LogP contribution in [-0.4, -0.2) is 36.0 Å². The molecular weight excluding hydrogens is 352 g/mol. The number of carbonyl (C=O) groups excluding carboxylic acids is 2. The average Bonchev–Trinajstić information content (AvgIpc) is 2.70. The molecule has 0 spiro atoms. The van der Waals surface area contributed by atoms with E-state index in [0.717, 1.165) is 17.7 Å². The van der Waals surface area contributed by atoms with Gasteiger partial charge in [-0.1, -0.05) is 67.1 Å². The number of nitrogens with zero attached hydrogens (tertiary/aromatic N) is 1. The Labute approximate surface area is 165 Å². The highest BCUT2D eigenvalue weighted by Gasteiger charge is 2.39. The Morgan fingerprint density at radius 3 is 2.36 bits per heavy atom. The van der Waals surface area contributed by atoms with Gasteiger partial charge in [-0.3, -0.25) is 9.59 Å². The van der Waals surface area contributed by atoms with Crippen LogP contribution in [0.2, 0.25) is 0 Å². The van der Waals surface area contributed by atoms with Crippen LogP contribution in [0.1, 0.15) is 36.4 Å². The van der Waals surface area contributed by atoms with E-state index in [1.54, 1.807) is 0 Å². The number of morpholine rings is 1. The molecule has 2 aromatic rings. The van der Waals surface area contributed by atoms with E-state index < -0.39 is 12.1 Å². The van der Waals surface area contributed by atoms with Crippen molar-refractivity contribution in [1.82, 2.24) is 10.2 Å². The third-order valence-corrected chi connectivity index (χ3v) is 5.65. The zero-order chi connectivity index (χ0) is 19.3. The van der Waals surface area contributed by atoms with E-state index in [4.69, 9.17) is 4.74 Å². The lowest BCUT2D eigenvalue weighted by atomic mass is 9.85. The molecule has 2 amide bonds. The summed E-state index contributed by atoms with van der Waals surface area (Å²) in [4.78, 5) is 27.4. The Morgan fingerprint density at radius 2 is 1.71 bits per heavy atom. The fraction of sp³-hybridized carbons (Fsp3) is 0.391. The van der Waals surface area contributed by atoms with Crippen molar-refractivity contribution in [3.05, 3.63) is 71.8 Å². The lowest BCUT2D eigenvalue weighted by molar-refractivity contribution is -0.156. The Kier molecular flexibility index (Phi) is 5.72. The first-order valence-corrected chi connectivity index (χ1v) is 9.99. The van der Waals surface area contributed by atoms with Gasteiger partial charge < -0.3 is 15.0 Å². The normalized spacial score (nSPS) is 22.2. The van der Waals surface area contributed by atoms with Crippen molar-refractivity contribution in [2.45, 2.75) is 38.0 Å². The van der Waals surface area contributed by atoms with Gasteiger partial charge in [0.05, 0.1) is 6.04 Å². The van der Waals surface area contributed by atoms with Crippen LogP contribution in [0.5, 0.6) is 0 Å². The SMILES string of the molecule is O=C1CO[C@H](C(=O)N(Cc2ccccc2)CC2CCC2)[C@@H](c2ccccc2)N1. The smallest absolute Gasteiger partial charge is 0.254 e. The summed E-state index contributed by atoms with van der Waals surface area (Å²) in [6.07, 6.45) is 2.87. The van der Waals surface area contributed by atoms with Gasteiger partial charge in [0.1, 0.15) is 6.61 Å². The topological polar surface area (TPSA) is 58.6 Å². The molecule has 0 radical (unpaired) electrons. The summed E-state index contributed by atoms with van der Waals surface area (Å²) < 4.78 is 5.77. The van der Waals surface area contributed by atoms with Gasteiger partial charge in [0.15, 0.2) is 6.10 Å². The number of rotatable bonds is 6. The molecule has 2 aliphatic rings. The van der Waals surface area contributed by atoms with E-state index in [9.17, 15) is 9.59 Å². The van der Waals surface area contributed by atoms with Crippen LogP contribution in [0.4, 0.5) is 0 Å². The molecule has 4 rings (SSSR count). The zero-order valence-corrected chi connectivity index (χ0v) is 15.9. The van der Waals surface area contributed by atoms with Crippen LogP contribution in [0.3, 0.4) is 0 Å². The maximum Gasteiger partial charge on any atom is 0.254 e. The first-order valence-electron chi connectivity index (χ1n) is 9.99. The minimum Gasteiger partial charge on any atom is -0.356 e. The molecule has 5 heteroatoms. The molecule has 2 fully saturated rings. The molecule has 2 atom stereocenters. The van der Waals surface area contributed by atoms with E-state index >= 15 is 0 Å². The van der Waals surface area contributed by atoms with Crippen molar-refractivity contribution in [1.29, 1.82) is 0 Å². The van der Waals surface area contributed by atoms with Gasteiger partial charge in [-0.2, -0.15) is 0 Å². The van der Waals surface area contributed by atoms with Gasteiger partial charge in [-0.25, -0.2) is 0 Å². The summed E-state index contributed by atoms with van der Waals surface area (Å²) in [5.74, 6) is 0.317. The van der Waals surface area contributed by atoms with Crippen LogP contribution in [0.15, 0.2) is 60.7 Å². The van der Waals surface area contributed by atoms with E-state index in [-0.39, 0.29) is 18.4 Å². The average molecular weight is 378 g/mol. The fourth-order valence-corrected chi connectivity index (χ4v) is 3.89. The van der Waals surface area contributed by atoms with Crippen molar-refractivity contribution >= 4 is 11.8 Å². The molecule has 1 saturated heterocycles. The summed E-state index contributed by atoms with van der Waals surface area (Å²) in [5.41, 5.74) is 1.99. The summed E-state index contributed by atoms with van der Waals surface area (Å²) in [6, 6.07) is 19.2. The molecule has 0 unspecified atom stereocenters. The van der Waals surface area contributed by atoms with Gasteiger partial charge in [0.25, 0.3) is 5.91 Å². The number of nitrogens with one attached hydrogen (secondary N) is 1. The summed E-state index contributed by atoms with van der Waals surface area (Å²) >= 11 is 0.